The maximum Gasteiger partial charge on any atom is 0.243 e. The van der Waals surface area contributed by atoms with Crippen molar-refractivity contribution in [1.82, 2.24) is 14.9 Å². The van der Waals surface area contributed by atoms with Crippen LogP contribution in [0.2, 0.25) is 0 Å². The van der Waals surface area contributed by atoms with Gasteiger partial charge in [0.05, 0.1) is 12.4 Å². The number of carbonyl (C=O) groups excluding carboxylic acids is 1. The Bertz CT molecular complexity index is 558. The third-order valence-electron chi connectivity index (χ3n) is 4.37. The van der Waals surface area contributed by atoms with Crippen molar-refractivity contribution in [3.05, 3.63) is 41.1 Å². The summed E-state index contributed by atoms with van der Waals surface area (Å²) in [6.45, 7) is 1.91. The van der Waals surface area contributed by atoms with Crippen molar-refractivity contribution < 1.29 is 4.79 Å². The van der Waals surface area contributed by atoms with Gasteiger partial charge in [-0.15, -0.1) is 11.3 Å². The van der Waals surface area contributed by atoms with E-state index in [0.717, 1.165) is 0 Å². The van der Waals surface area contributed by atoms with Crippen LogP contribution in [0.5, 0.6) is 0 Å². The minimum absolute atomic E-state index is 0.0679. The van der Waals surface area contributed by atoms with Crippen molar-refractivity contribution in [3.63, 3.8) is 0 Å². The van der Waals surface area contributed by atoms with E-state index in [0.29, 0.717) is 5.92 Å². The highest BCUT2D eigenvalue weighted by atomic mass is 32.1. The molecule has 0 aliphatic heterocycles. The van der Waals surface area contributed by atoms with Gasteiger partial charge in [0.2, 0.25) is 5.91 Å². The number of carbonyl (C=O) groups is 1. The maximum atomic E-state index is 12.5. The Morgan fingerprint density at radius 1 is 1.48 bits per heavy atom. The van der Waals surface area contributed by atoms with E-state index in [2.05, 4.69) is 27.8 Å². The van der Waals surface area contributed by atoms with Crippen molar-refractivity contribution in [2.75, 3.05) is 0 Å². The lowest BCUT2D eigenvalue weighted by Gasteiger charge is -2.25. The standard InChI is InChI=1S/C16H21N3OS/c1-12(19-9-8-17-11-19)16(20)18-15(13-5-2-3-6-13)14-7-4-10-21-14/h4,7-13,15H,2-3,5-6H2,1H3,(H,18,20)/t12-,15-/m0/s1. The molecule has 0 aromatic carbocycles. The molecule has 1 aliphatic rings. The van der Waals surface area contributed by atoms with Crippen LogP contribution >= 0.6 is 11.3 Å². The van der Waals surface area contributed by atoms with Crippen molar-refractivity contribution in [3.8, 4) is 0 Å². The monoisotopic (exact) mass is 303 g/mol. The van der Waals surface area contributed by atoms with E-state index in [1.165, 1.54) is 30.6 Å². The summed E-state index contributed by atoms with van der Waals surface area (Å²) >= 11 is 1.74. The molecule has 5 heteroatoms. The van der Waals surface area contributed by atoms with Gasteiger partial charge in [-0.3, -0.25) is 4.79 Å². The Hall–Kier alpha value is -1.62. The molecule has 2 heterocycles. The van der Waals surface area contributed by atoms with Crippen molar-refractivity contribution in [2.24, 2.45) is 5.92 Å². The topological polar surface area (TPSA) is 46.9 Å². The number of thiophene rings is 1. The van der Waals surface area contributed by atoms with E-state index in [9.17, 15) is 4.79 Å². The number of hydrogen-bond acceptors (Lipinski definition) is 3. The molecule has 1 fully saturated rings. The third-order valence-corrected chi connectivity index (χ3v) is 5.33. The van der Waals surface area contributed by atoms with Gasteiger partial charge in [0.1, 0.15) is 6.04 Å². The second-order valence-electron chi connectivity index (χ2n) is 5.73. The first-order valence-corrected chi connectivity index (χ1v) is 8.45. The van der Waals surface area contributed by atoms with E-state index < -0.39 is 0 Å². The van der Waals surface area contributed by atoms with Crippen molar-refractivity contribution in [1.29, 1.82) is 0 Å². The van der Waals surface area contributed by atoms with Gasteiger partial charge in [0.25, 0.3) is 0 Å². The van der Waals surface area contributed by atoms with Gasteiger partial charge in [0.15, 0.2) is 0 Å². The fourth-order valence-electron chi connectivity index (χ4n) is 3.09. The van der Waals surface area contributed by atoms with Crippen LogP contribution in [-0.2, 0) is 4.79 Å². The maximum absolute atomic E-state index is 12.5. The highest BCUT2D eigenvalue weighted by Gasteiger charge is 2.29. The first kappa shape index (κ1) is 14.3. The number of rotatable bonds is 5. The molecule has 0 spiro atoms. The Balaban J connectivity index is 1.73. The van der Waals surface area contributed by atoms with Gasteiger partial charge in [-0.25, -0.2) is 4.98 Å². The largest absolute Gasteiger partial charge is 0.346 e. The fourth-order valence-corrected chi connectivity index (χ4v) is 3.96. The molecule has 0 unspecified atom stereocenters. The number of nitrogens with one attached hydrogen (secondary N) is 1. The van der Waals surface area contributed by atoms with Crippen LogP contribution < -0.4 is 5.32 Å². The summed E-state index contributed by atoms with van der Waals surface area (Å²) in [5.74, 6) is 0.640. The smallest absolute Gasteiger partial charge is 0.243 e. The van der Waals surface area contributed by atoms with Crippen LogP contribution in [0.25, 0.3) is 0 Å². The van der Waals surface area contributed by atoms with Crippen LogP contribution in [0.4, 0.5) is 0 Å². The average Bonchev–Trinajstić information content (AvgIpc) is 3.27. The zero-order valence-electron chi connectivity index (χ0n) is 12.2. The summed E-state index contributed by atoms with van der Waals surface area (Å²) in [7, 11) is 0. The normalized spacial score (nSPS) is 18.5. The van der Waals surface area contributed by atoms with Gasteiger partial charge in [0, 0.05) is 17.3 Å². The van der Waals surface area contributed by atoms with Crippen LogP contribution in [0.15, 0.2) is 36.2 Å². The second kappa shape index (κ2) is 6.43. The van der Waals surface area contributed by atoms with Crippen molar-refractivity contribution in [2.45, 2.75) is 44.7 Å². The molecule has 1 N–H and O–H groups in total. The first-order chi connectivity index (χ1) is 10.3. The minimum Gasteiger partial charge on any atom is -0.346 e. The average molecular weight is 303 g/mol. The molecule has 2 aromatic rings. The quantitative estimate of drug-likeness (QED) is 0.918. The number of amides is 1. The molecule has 112 valence electrons. The molecule has 3 rings (SSSR count). The van der Waals surface area contributed by atoms with Crippen LogP contribution in [0.1, 0.15) is 49.6 Å². The molecule has 2 atom stereocenters. The van der Waals surface area contributed by atoms with E-state index in [4.69, 9.17) is 0 Å². The molecule has 1 amide bonds. The van der Waals surface area contributed by atoms with Gasteiger partial charge >= 0.3 is 0 Å². The summed E-state index contributed by atoms with van der Waals surface area (Å²) < 4.78 is 1.84. The molecule has 0 radical (unpaired) electrons. The highest BCUT2D eigenvalue weighted by molar-refractivity contribution is 7.10. The zero-order chi connectivity index (χ0) is 14.7. The third kappa shape index (κ3) is 3.18. The van der Waals surface area contributed by atoms with Gasteiger partial charge in [-0.1, -0.05) is 18.9 Å². The molecule has 21 heavy (non-hydrogen) atoms. The van der Waals surface area contributed by atoms with Crippen molar-refractivity contribution >= 4 is 17.2 Å². The molecule has 4 nitrogen and oxygen atoms in total. The molecule has 0 saturated heterocycles. The lowest BCUT2D eigenvalue weighted by atomic mass is 9.96. The van der Waals surface area contributed by atoms with Gasteiger partial charge in [-0.2, -0.15) is 0 Å². The molecular weight excluding hydrogens is 282 g/mol. The number of nitrogens with zero attached hydrogens (tertiary/aromatic N) is 2. The van der Waals surface area contributed by atoms with E-state index >= 15 is 0 Å². The summed E-state index contributed by atoms with van der Waals surface area (Å²) in [4.78, 5) is 17.8. The molecular formula is C16H21N3OS. The Labute approximate surface area is 129 Å². The van der Waals surface area contributed by atoms with Crippen LogP contribution in [0.3, 0.4) is 0 Å². The Morgan fingerprint density at radius 2 is 2.29 bits per heavy atom. The fraction of sp³-hybridized carbons (Fsp3) is 0.500. The second-order valence-corrected chi connectivity index (χ2v) is 6.71. The SMILES string of the molecule is C[C@@H](C(=O)N[C@H](c1cccs1)C1CCCC1)n1ccnc1. The lowest BCUT2D eigenvalue weighted by Crippen LogP contribution is -2.36. The Morgan fingerprint density at radius 3 is 2.90 bits per heavy atom. The number of aromatic nitrogens is 2. The molecule has 1 saturated carbocycles. The van der Waals surface area contributed by atoms with Gasteiger partial charge in [-0.05, 0) is 37.1 Å². The summed E-state index contributed by atoms with van der Waals surface area (Å²) in [6.07, 6.45) is 10.2. The molecule has 1 aliphatic carbocycles. The molecule has 2 aromatic heterocycles. The summed E-state index contributed by atoms with van der Waals surface area (Å²) in [5.41, 5.74) is 0. The van der Waals surface area contributed by atoms with Crippen LogP contribution in [-0.4, -0.2) is 15.5 Å². The number of imidazole rings is 1. The lowest BCUT2D eigenvalue weighted by molar-refractivity contribution is -0.125. The summed E-state index contributed by atoms with van der Waals surface area (Å²) in [6, 6.07) is 4.13. The predicted octanol–water partition coefficient (Wildman–Crippen LogP) is 3.55. The first-order valence-electron chi connectivity index (χ1n) is 7.57. The van der Waals surface area contributed by atoms with Crippen LogP contribution in [0, 0.1) is 5.92 Å². The minimum atomic E-state index is -0.226. The number of hydrogen-bond donors (Lipinski definition) is 1. The van der Waals surface area contributed by atoms with E-state index in [1.54, 1.807) is 23.9 Å². The van der Waals surface area contributed by atoms with E-state index in [1.807, 2.05) is 17.7 Å². The van der Waals surface area contributed by atoms with E-state index in [-0.39, 0.29) is 18.0 Å². The predicted molar refractivity (Wildman–Crippen MR) is 84.1 cm³/mol. The summed E-state index contributed by atoms with van der Waals surface area (Å²) in [5, 5.41) is 5.36. The van der Waals surface area contributed by atoms with Gasteiger partial charge < -0.3 is 9.88 Å². The highest BCUT2D eigenvalue weighted by Crippen LogP contribution is 2.37. The zero-order valence-corrected chi connectivity index (χ0v) is 13.1. The molecule has 0 bridgehead atoms. The Kier molecular flexibility index (Phi) is 4.39.